The summed E-state index contributed by atoms with van der Waals surface area (Å²) in [4.78, 5) is 16.3. The predicted octanol–water partition coefficient (Wildman–Crippen LogP) is 4.00. The van der Waals surface area contributed by atoms with Crippen molar-refractivity contribution in [2.24, 2.45) is 0 Å². The molecule has 0 fully saturated rings. The first-order chi connectivity index (χ1) is 10.4. The molecule has 0 aliphatic carbocycles. The summed E-state index contributed by atoms with van der Waals surface area (Å²) < 4.78 is 0. The van der Waals surface area contributed by atoms with Crippen LogP contribution in [0.5, 0.6) is 0 Å². The number of carbonyl (C=O) groups excluding carboxylic acids is 1. The third kappa shape index (κ3) is 3.37. The second-order valence-corrected chi connectivity index (χ2v) is 5.35. The van der Waals surface area contributed by atoms with E-state index in [4.69, 9.17) is 34.3 Å². The zero-order chi connectivity index (χ0) is 16.3. The maximum Gasteiger partial charge on any atom is 0.258 e. The van der Waals surface area contributed by atoms with Crippen molar-refractivity contribution in [2.75, 3.05) is 11.1 Å². The minimum absolute atomic E-state index is 0.130. The van der Waals surface area contributed by atoms with Gasteiger partial charge < -0.3 is 16.5 Å². The fourth-order valence-corrected chi connectivity index (χ4v) is 2.33. The molecule has 114 valence electrons. The van der Waals surface area contributed by atoms with Crippen LogP contribution in [0.15, 0.2) is 30.5 Å². The van der Waals surface area contributed by atoms with Gasteiger partial charge in [-0.2, -0.15) is 0 Å². The highest BCUT2D eigenvalue weighted by Gasteiger charge is 2.19. The van der Waals surface area contributed by atoms with E-state index < -0.39 is 5.91 Å². The van der Waals surface area contributed by atoms with Gasteiger partial charge in [-0.05, 0) is 30.7 Å². The van der Waals surface area contributed by atoms with Crippen molar-refractivity contribution in [3.8, 4) is 0 Å². The van der Waals surface area contributed by atoms with Gasteiger partial charge in [-0.15, -0.1) is 0 Å². The molecule has 1 aromatic carbocycles. The minimum Gasteiger partial charge on any atom is -0.383 e. The van der Waals surface area contributed by atoms with Gasteiger partial charge in [-0.1, -0.05) is 30.1 Å². The largest absolute Gasteiger partial charge is 0.383 e. The van der Waals surface area contributed by atoms with E-state index in [1.807, 2.05) is 0 Å². The van der Waals surface area contributed by atoms with Crippen LogP contribution in [-0.2, 0) is 0 Å². The zero-order valence-corrected chi connectivity index (χ0v) is 13.3. The second kappa shape index (κ2) is 6.77. The van der Waals surface area contributed by atoms with Crippen LogP contribution in [-0.4, -0.2) is 16.6 Å². The summed E-state index contributed by atoms with van der Waals surface area (Å²) in [5.41, 5.74) is 7.03. The quantitative estimate of drug-likeness (QED) is 0.736. The van der Waals surface area contributed by atoms with Gasteiger partial charge in [-0.3, -0.25) is 4.79 Å². The molecule has 0 saturated carbocycles. The summed E-state index contributed by atoms with van der Waals surface area (Å²) in [5.74, 6) is -0.287. The van der Waals surface area contributed by atoms with Gasteiger partial charge in [0.1, 0.15) is 5.82 Å². The molecule has 0 unspecified atom stereocenters. The van der Waals surface area contributed by atoms with E-state index in [0.29, 0.717) is 22.7 Å². The van der Waals surface area contributed by atoms with Crippen LogP contribution in [0.2, 0.25) is 10.0 Å². The maximum absolute atomic E-state index is 12.3. The molecule has 7 heteroatoms. The van der Waals surface area contributed by atoms with Crippen molar-refractivity contribution >= 4 is 46.3 Å². The molecule has 4 N–H and O–H groups in total. The Morgan fingerprint density at radius 2 is 1.95 bits per heavy atom. The number of nitrogens with zero attached hydrogens (tertiary/aromatic N) is 1. The maximum atomic E-state index is 12.3. The summed E-state index contributed by atoms with van der Waals surface area (Å²) in [6, 6.07) is 6.68. The number of anilines is 2. The van der Waals surface area contributed by atoms with Crippen molar-refractivity contribution < 1.29 is 4.79 Å². The molecule has 1 heterocycles. The van der Waals surface area contributed by atoms with E-state index in [2.05, 4.69) is 10.3 Å². The van der Waals surface area contributed by atoms with Crippen LogP contribution in [0, 0.1) is 5.41 Å². The van der Waals surface area contributed by atoms with Crippen molar-refractivity contribution in [3.63, 3.8) is 0 Å². The number of carbonyl (C=O) groups is 1. The first-order valence-electron chi connectivity index (χ1n) is 6.52. The van der Waals surface area contributed by atoms with Crippen LogP contribution in [0.1, 0.15) is 29.3 Å². The Bertz CT molecular complexity index is 729. The number of nitrogens with two attached hydrogens (primary N) is 1. The average Bonchev–Trinajstić information content (AvgIpc) is 2.49. The Hall–Kier alpha value is -2.11. The Kier molecular flexibility index (Phi) is 5.00. The van der Waals surface area contributed by atoms with E-state index in [-0.39, 0.29) is 22.1 Å². The van der Waals surface area contributed by atoms with Crippen LogP contribution in [0.25, 0.3) is 0 Å². The zero-order valence-electron chi connectivity index (χ0n) is 11.8. The van der Waals surface area contributed by atoms with Gasteiger partial charge in [-0.25, -0.2) is 4.98 Å². The SMILES string of the molecule is CCC(=N)c1c(N)ncc(C(=O)Nc2ccc(Cl)cc2)c1Cl. The monoisotopic (exact) mass is 336 g/mol. The Morgan fingerprint density at radius 3 is 2.55 bits per heavy atom. The second-order valence-electron chi connectivity index (χ2n) is 4.54. The number of nitrogens with one attached hydrogen (secondary N) is 2. The molecule has 0 spiro atoms. The highest BCUT2D eigenvalue weighted by molar-refractivity contribution is 6.38. The summed E-state index contributed by atoms with van der Waals surface area (Å²) >= 11 is 12.0. The molecular formula is C15H14Cl2N4O. The van der Waals surface area contributed by atoms with E-state index in [9.17, 15) is 4.79 Å². The molecular weight excluding hydrogens is 323 g/mol. The molecule has 0 radical (unpaired) electrons. The first kappa shape index (κ1) is 16.3. The number of hydrogen-bond donors (Lipinski definition) is 3. The van der Waals surface area contributed by atoms with Crippen LogP contribution < -0.4 is 11.1 Å². The Balaban J connectivity index is 2.34. The molecule has 1 amide bonds. The van der Waals surface area contributed by atoms with Crippen molar-refractivity contribution in [3.05, 3.63) is 51.6 Å². The predicted molar refractivity (Wildman–Crippen MR) is 90.2 cm³/mol. The van der Waals surface area contributed by atoms with E-state index in [1.165, 1.54) is 6.20 Å². The number of rotatable bonds is 4. The normalized spacial score (nSPS) is 10.3. The molecule has 0 saturated heterocycles. The number of amides is 1. The fourth-order valence-electron chi connectivity index (χ4n) is 1.86. The van der Waals surface area contributed by atoms with Gasteiger partial charge in [0, 0.05) is 22.6 Å². The molecule has 22 heavy (non-hydrogen) atoms. The topological polar surface area (TPSA) is 91.9 Å². The lowest BCUT2D eigenvalue weighted by Gasteiger charge is -2.12. The molecule has 5 nitrogen and oxygen atoms in total. The highest BCUT2D eigenvalue weighted by Crippen LogP contribution is 2.27. The molecule has 0 aliphatic rings. The number of hydrogen-bond acceptors (Lipinski definition) is 4. The lowest BCUT2D eigenvalue weighted by atomic mass is 10.1. The third-order valence-corrected chi connectivity index (χ3v) is 3.69. The average molecular weight is 337 g/mol. The lowest BCUT2D eigenvalue weighted by molar-refractivity contribution is 0.102. The summed E-state index contributed by atoms with van der Waals surface area (Å²) in [5, 5.41) is 11.3. The Morgan fingerprint density at radius 1 is 1.32 bits per heavy atom. The number of nitrogen functional groups attached to an aromatic ring is 1. The first-order valence-corrected chi connectivity index (χ1v) is 7.28. The summed E-state index contributed by atoms with van der Waals surface area (Å²) in [7, 11) is 0. The molecule has 2 aromatic rings. The van der Waals surface area contributed by atoms with Gasteiger partial charge in [0.05, 0.1) is 16.1 Å². The third-order valence-electron chi connectivity index (χ3n) is 3.05. The van der Waals surface area contributed by atoms with E-state index in [0.717, 1.165) is 0 Å². The van der Waals surface area contributed by atoms with E-state index in [1.54, 1.807) is 31.2 Å². The molecule has 0 bridgehead atoms. The summed E-state index contributed by atoms with van der Waals surface area (Å²) in [6.07, 6.45) is 1.74. The highest BCUT2D eigenvalue weighted by atomic mass is 35.5. The van der Waals surface area contributed by atoms with Crippen molar-refractivity contribution in [1.29, 1.82) is 5.41 Å². The molecule has 1 aromatic heterocycles. The van der Waals surface area contributed by atoms with Crippen molar-refractivity contribution in [1.82, 2.24) is 4.98 Å². The molecule has 0 atom stereocenters. The van der Waals surface area contributed by atoms with Gasteiger partial charge in [0.25, 0.3) is 5.91 Å². The number of halogens is 2. The number of pyridine rings is 1. The van der Waals surface area contributed by atoms with Crippen LogP contribution in [0.3, 0.4) is 0 Å². The molecule has 0 aliphatic heterocycles. The van der Waals surface area contributed by atoms with Crippen LogP contribution in [0.4, 0.5) is 11.5 Å². The standard InChI is InChI=1S/C15H14Cl2N4O/c1-2-11(18)12-13(17)10(7-20-14(12)19)15(22)21-9-5-3-8(16)4-6-9/h3-7,18H,2H2,1H3,(H2,19,20)(H,21,22). The van der Waals surface area contributed by atoms with Gasteiger partial charge in [0.2, 0.25) is 0 Å². The minimum atomic E-state index is -0.426. The Labute approximate surface area is 138 Å². The van der Waals surface area contributed by atoms with E-state index >= 15 is 0 Å². The van der Waals surface area contributed by atoms with Gasteiger partial charge in [0.15, 0.2) is 0 Å². The summed E-state index contributed by atoms with van der Waals surface area (Å²) in [6.45, 7) is 1.80. The van der Waals surface area contributed by atoms with Crippen molar-refractivity contribution in [2.45, 2.75) is 13.3 Å². The van der Waals surface area contributed by atoms with Crippen LogP contribution >= 0.6 is 23.2 Å². The number of aromatic nitrogens is 1. The lowest BCUT2D eigenvalue weighted by Crippen LogP contribution is -2.16. The smallest absolute Gasteiger partial charge is 0.258 e. The molecule has 2 rings (SSSR count). The van der Waals surface area contributed by atoms with Gasteiger partial charge >= 0.3 is 0 Å². The fraction of sp³-hybridized carbons (Fsp3) is 0.133. The number of benzene rings is 1.